The van der Waals surface area contributed by atoms with E-state index in [9.17, 15) is 184 Å². The topological polar surface area (TPSA) is 975 Å². The van der Waals surface area contributed by atoms with Crippen molar-refractivity contribution in [3.05, 3.63) is 52.1 Å². The second kappa shape index (κ2) is 59.4. The number of fused-ring (bicyclic) bond motifs is 1. The first kappa shape index (κ1) is 117. The Hall–Kier alpha value is -11.4. The van der Waals surface area contributed by atoms with E-state index in [-0.39, 0.29) is 35.6 Å². The van der Waals surface area contributed by atoms with Gasteiger partial charge in [-0.05, 0) is 76.1 Å². The Balaban J connectivity index is 2.19. The van der Waals surface area contributed by atoms with Crippen molar-refractivity contribution >= 4 is 124 Å². The van der Waals surface area contributed by atoms with E-state index in [0.29, 0.717) is 11.4 Å². The number of benzene rings is 1. The van der Waals surface area contributed by atoms with Crippen LogP contribution in [0.1, 0.15) is 113 Å². The minimum absolute atomic E-state index is 0.00299. The van der Waals surface area contributed by atoms with Crippen molar-refractivity contribution in [2.45, 2.75) is 249 Å². The molecule has 39 N–H and O–H groups in total. The van der Waals surface area contributed by atoms with Gasteiger partial charge in [0.05, 0.1) is 69.3 Å². The molecule has 3 aromatic rings. The van der Waals surface area contributed by atoms with Gasteiger partial charge >= 0.3 is 17.9 Å². The van der Waals surface area contributed by atoms with Crippen molar-refractivity contribution in [1.29, 1.82) is 0 Å². The maximum absolute atomic E-state index is 15.1. The monoisotopic (exact) mass is 1940 g/mol. The number of aliphatic carboxylic acids is 3. The molecule has 3 rings (SSSR count). The fraction of sp³-hybridized carbons (Fsp3) is 0.645. The highest BCUT2D eigenvalue weighted by molar-refractivity contribution is 7.80. The first-order valence-corrected chi connectivity index (χ1v) is 42.1. The number of nitrogens with zero attached hydrogens (tertiary/aromatic N) is 3. The minimum atomic E-state index is -2.35. The third kappa shape index (κ3) is 40.8. The molecule has 0 aliphatic heterocycles. The number of aromatic amines is 1. The van der Waals surface area contributed by atoms with Gasteiger partial charge in [0.15, 0.2) is 11.2 Å². The molecule has 1 aromatic carbocycles. The second-order valence-electron chi connectivity index (χ2n) is 30.8. The van der Waals surface area contributed by atoms with Gasteiger partial charge in [-0.25, -0.2) is 14.8 Å². The van der Waals surface area contributed by atoms with Crippen LogP contribution in [0.2, 0.25) is 0 Å². The number of nitrogen functional groups attached to an aromatic ring is 1. The number of H-pyrrole nitrogens is 1. The molecule has 57 nitrogen and oxygen atoms in total. The molecule has 0 unspecified atom stereocenters. The molecule has 0 spiro atoms. The summed E-state index contributed by atoms with van der Waals surface area (Å²) in [5, 5.41) is 259. The molecule has 12 amide bonds. The Morgan fingerprint density at radius 2 is 0.672 bits per heavy atom. The SMILES string of the molecule is C[C@H](CCC(=O)N[C@@H](CCC(=O)NC[C@H](O)[C@@H](O)[C@H](O)[C@H](O)CO)C(=O)N[C@@H](CCC(=O)O)C(=O)N[C@@H](CCC(=O)NC[C@H](O)[C@@H](O)[C@H](O)[C@H](O)CO)C(=O)N[C@@H](CCC(=O)NC[C@H](O)[C@@H](O)[C@H](O)[C@H](O)CO)C(=O)N[C@@H](CCC(=O)O)C(=O)N[C@@H](CCC(=O)NC[C@H](O)[C@@H](O)[C@H](O)[C@H](O)CO)C(=O)N[C@@H](CS)C(=O)O)NC(=O)c1ccc(NCc2cnc3nc(N)[nH]c(=O)c3n2)cc1. The lowest BCUT2D eigenvalue weighted by Gasteiger charge is -2.28. The number of nitrogens with two attached hydrogens (primary N) is 1. The highest BCUT2D eigenvalue weighted by atomic mass is 32.1. The van der Waals surface area contributed by atoms with Gasteiger partial charge in [0.2, 0.25) is 70.9 Å². The summed E-state index contributed by atoms with van der Waals surface area (Å²) in [6.45, 7) is -6.73. The smallest absolute Gasteiger partial charge is 0.327 e. The van der Waals surface area contributed by atoms with Gasteiger partial charge in [0.25, 0.3) is 11.5 Å². The summed E-state index contributed by atoms with van der Waals surface area (Å²) in [6.07, 6.45) is -45.3. The van der Waals surface area contributed by atoms with Crippen molar-refractivity contribution in [2.24, 2.45) is 0 Å². The molecule has 24 atom stereocenters. The van der Waals surface area contributed by atoms with Gasteiger partial charge in [0.1, 0.15) is 116 Å². The number of carboxylic acid groups (broad SMARTS) is 3. The van der Waals surface area contributed by atoms with Gasteiger partial charge in [0, 0.05) is 94.2 Å². The molecule has 0 radical (unpaired) electrons. The predicted molar refractivity (Wildman–Crippen MR) is 454 cm³/mol. The minimum Gasteiger partial charge on any atom is -0.481 e. The van der Waals surface area contributed by atoms with Crippen LogP contribution >= 0.6 is 12.6 Å². The van der Waals surface area contributed by atoms with E-state index in [1.165, 1.54) is 37.4 Å². The van der Waals surface area contributed by atoms with Gasteiger partial charge in [-0.3, -0.25) is 76.9 Å². The number of aromatic nitrogens is 4. The Bertz CT molecular complexity index is 4400. The molecule has 0 aliphatic carbocycles. The van der Waals surface area contributed by atoms with Crippen molar-refractivity contribution in [1.82, 2.24) is 83.7 Å². The number of carbonyl (C=O) groups excluding carboxylic acids is 12. The molecule has 0 saturated heterocycles. The molecular weight excluding hydrogens is 1820 g/mol. The van der Waals surface area contributed by atoms with E-state index in [4.69, 9.17) is 10.8 Å². The van der Waals surface area contributed by atoms with Crippen LogP contribution in [0.15, 0.2) is 35.3 Å². The third-order valence-corrected chi connectivity index (χ3v) is 20.5. The largest absolute Gasteiger partial charge is 0.481 e. The summed E-state index contributed by atoms with van der Waals surface area (Å²) in [5.74, 6) is -21.5. The molecule has 2 aromatic heterocycles. The Morgan fingerprint density at radius 1 is 0.381 bits per heavy atom. The van der Waals surface area contributed by atoms with Gasteiger partial charge in [-0.15, -0.1) is 0 Å². The fourth-order valence-electron chi connectivity index (χ4n) is 12.0. The van der Waals surface area contributed by atoms with E-state index >= 15 is 4.79 Å². The van der Waals surface area contributed by atoms with Gasteiger partial charge < -0.3 is 192 Å². The van der Waals surface area contributed by atoms with E-state index in [2.05, 4.69) is 96.4 Å². The number of aliphatic hydroxyl groups is 20. The number of rotatable bonds is 65. The van der Waals surface area contributed by atoms with Crippen molar-refractivity contribution < 1.29 is 189 Å². The van der Waals surface area contributed by atoms with Crippen LogP contribution in [-0.2, 0) is 73.7 Å². The van der Waals surface area contributed by atoms with Crippen LogP contribution in [0.4, 0.5) is 11.6 Å². The Morgan fingerprint density at radius 3 is 0.970 bits per heavy atom. The van der Waals surface area contributed by atoms with Crippen LogP contribution in [-0.4, -0.2) is 431 Å². The number of nitrogens with one attached hydrogen (secondary N) is 14. The van der Waals surface area contributed by atoms with Crippen molar-refractivity contribution in [2.75, 3.05) is 69.4 Å². The predicted octanol–water partition coefficient (Wildman–Crippen LogP) is -17.7. The number of hydrogen-bond acceptors (Lipinski definition) is 42. The highest BCUT2D eigenvalue weighted by Gasteiger charge is 2.39. The summed E-state index contributed by atoms with van der Waals surface area (Å²) >= 11 is 3.88. The fourth-order valence-corrected chi connectivity index (χ4v) is 12.3. The first-order chi connectivity index (χ1) is 63.0. The number of carboxylic acids is 3. The van der Waals surface area contributed by atoms with Crippen molar-refractivity contribution in [3.8, 4) is 0 Å². The average molecular weight is 1940 g/mol. The zero-order chi connectivity index (χ0) is 101. The summed E-state index contributed by atoms with van der Waals surface area (Å²) in [6, 6.07) is -10.1. The Kier molecular flexibility index (Phi) is 51.8. The normalized spacial score (nSPS) is 16.9. The summed E-state index contributed by atoms with van der Waals surface area (Å²) < 4.78 is 0. The molecule has 134 heavy (non-hydrogen) atoms. The molecule has 0 aliphatic rings. The number of carbonyl (C=O) groups is 15. The molecule has 0 saturated carbocycles. The lowest BCUT2D eigenvalue weighted by molar-refractivity contribution is -0.142. The zero-order valence-corrected chi connectivity index (χ0v) is 72.8. The van der Waals surface area contributed by atoms with E-state index < -0.39 is 382 Å². The average Bonchev–Trinajstić information content (AvgIpc) is 0.808. The van der Waals surface area contributed by atoms with E-state index in [0.717, 1.165) is 0 Å². The van der Waals surface area contributed by atoms with Crippen LogP contribution < -0.4 is 80.4 Å². The van der Waals surface area contributed by atoms with Crippen molar-refractivity contribution in [3.63, 3.8) is 0 Å². The maximum Gasteiger partial charge on any atom is 0.327 e. The molecule has 2 heterocycles. The van der Waals surface area contributed by atoms with E-state index in [1.807, 2.05) is 5.32 Å². The number of aliphatic hydroxyl groups excluding tert-OH is 20. The number of hydrogen-bond donors (Lipinski definition) is 39. The van der Waals surface area contributed by atoms with Crippen LogP contribution in [0.3, 0.4) is 0 Å². The molecule has 0 fully saturated rings. The number of thiol groups is 1. The quantitative estimate of drug-likeness (QED) is 0.0233. The van der Waals surface area contributed by atoms with Crippen LogP contribution in [0, 0.1) is 0 Å². The van der Waals surface area contributed by atoms with E-state index in [1.54, 1.807) is 0 Å². The lowest BCUT2D eigenvalue weighted by atomic mass is 10.0. The summed E-state index contributed by atoms with van der Waals surface area (Å²) in [4.78, 5) is 233. The standard InChI is InChI=1S/C76H120N18O39S/c1-31(84-67(124)32-3-5-33(6-4-32)78-20-34-21-83-66-57(85-34)74(131)94-76(77)93-66)2-13-54(111)86-35(7-14-50(107)79-22-42(99)58(116)62(120)46(103)26-95)68(125)90-39(11-18-55(112)113)71(128)88-36(8-15-51(108)80-23-43(100)59(117)63(121)47(104)27-96)69(126)87-37(9-16-52(109)81-24-44(101)60(118)64(122)48(105)28-97)70(127)91-40(12-19-56(114)115)72(129)89-38(73(130)92-41(30-134)75(132)133)10-17-53(110)82-25-45(102)61(119)65(123)49(106)29-98/h3-6,21,31,35-49,58-65,78,95-106,116-123,134H,2,7-20,22-30H2,1H3,(H,79,107)(H,80,108)(H,81,109)(H,82,110)(H,84,124)(H,86,111)(H,87,126)(H,88,128)(H,89,129)(H,90,125)(H,91,127)(H,92,130)(H,112,113)(H,114,115)(H,132,133)(H3,77,83,93,94,131)/t31-,35+,36+,37+,38+,39+,40+,41+,42+,43+,44+,45+,46-,47-,48-,49-,58-,59-,60-,61-,62-,63-,64-,65-/m1/s1. The van der Waals surface area contributed by atoms with Crippen LogP contribution in [0.5, 0.6) is 0 Å². The first-order valence-electron chi connectivity index (χ1n) is 41.5. The highest BCUT2D eigenvalue weighted by Crippen LogP contribution is 2.18. The molecule has 58 heteroatoms. The summed E-state index contributed by atoms with van der Waals surface area (Å²) in [5.41, 5.74) is 5.79. The zero-order valence-electron chi connectivity index (χ0n) is 71.9. The molecule has 0 bridgehead atoms. The molecular formula is C76H120N18O39S. The summed E-state index contributed by atoms with van der Waals surface area (Å²) in [7, 11) is 0. The maximum atomic E-state index is 15.1. The number of amides is 12. The Labute approximate surface area is 765 Å². The van der Waals surface area contributed by atoms with Gasteiger partial charge in [-0.2, -0.15) is 17.6 Å². The van der Waals surface area contributed by atoms with Gasteiger partial charge in [-0.1, -0.05) is 0 Å². The molecule has 754 valence electrons. The van der Waals surface area contributed by atoms with Crippen LogP contribution in [0.25, 0.3) is 11.2 Å². The third-order valence-electron chi connectivity index (χ3n) is 20.2. The number of anilines is 2. The second-order valence-corrected chi connectivity index (χ2v) is 31.1. The lowest BCUT2D eigenvalue weighted by Crippen LogP contribution is -2.60.